The lowest BCUT2D eigenvalue weighted by Gasteiger charge is -2.37. The van der Waals surface area contributed by atoms with Gasteiger partial charge in [-0.2, -0.15) is 0 Å². The highest BCUT2D eigenvalue weighted by molar-refractivity contribution is 5.84. The third kappa shape index (κ3) is 4.84. The normalized spacial score (nSPS) is 17.0. The van der Waals surface area contributed by atoms with Crippen molar-refractivity contribution < 1.29 is 18.7 Å². The standard InChI is InChI=1S/C18H26FN3O3/c1-4-13(2)16(17(23)25-3)20-18(24)22-11-9-21(10-12-22)15-7-5-14(19)6-8-15/h5-8,13,16H,4,9-12H2,1-3H3,(H,20,24)/t13?,16-/m0/s1. The minimum Gasteiger partial charge on any atom is -0.467 e. The Hall–Kier alpha value is -2.31. The second-order valence-corrected chi connectivity index (χ2v) is 6.29. The highest BCUT2D eigenvalue weighted by Gasteiger charge is 2.29. The first-order chi connectivity index (χ1) is 12.0. The highest BCUT2D eigenvalue weighted by atomic mass is 19.1. The lowest BCUT2D eigenvalue weighted by molar-refractivity contribution is -0.144. The number of methoxy groups -OCH3 is 1. The number of esters is 1. The SMILES string of the molecule is CCC(C)[C@H](NC(=O)N1CCN(c2ccc(F)cc2)CC1)C(=O)OC. The maximum Gasteiger partial charge on any atom is 0.328 e. The number of carbonyl (C=O) groups excluding carboxylic acids is 2. The first-order valence-corrected chi connectivity index (χ1v) is 8.60. The Bertz CT molecular complexity index is 586. The van der Waals surface area contributed by atoms with Crippen molar-refractivity contribution >= 4 is 17.7 Å². The number of hydrogen-bond acceptors (Lipinski definition) is 4. The van der Waals surface area contributed by atoms with Crippen LogP contribution in [0.15, 0.2) is 24.3 Å². The van der Waals surface area contributed by atoms with Crippen molar-refractivity contribution in [2.75, 3.05) is 38.2 Å². The van der Waals surface area contributed by atoms with Crippen molar-refractivity contribution in [3.05, 3.63) is 30.1 Å². The van der Waals surface area contributed by atoms with Gasteiger partial charge in [-0.05, 0) is 30.2 Å². The molecule has 0 bridgehead atoms. The van der Waals surface area contributed by atoms with Gasteiger partial charge < -0.3 is 19.9 Å². The first kappa shape index (κ1) is 19.0. The minimum atomic E-state index is -0.641. The molecule has 2 rings (SSSR count). The average molecular weight is 351 g/mol. The van der Waals surface area contributed by atoms with Crippen LogP contribution >= 0.6 is 0 Å². The lowest BCUT2D eigenvalue weighted by Crippen LogP contribution is -2.56. The summed E-state index contributed by atoms with van der Waals surface area (Å²) in [5.74, 6) is -0.690. The van der Waals surface area contributed by atoms with E-state index in [1.54, 1.807) is 17.0 Å². The summed E-state index contributed by atoms with van der Waals surface area (Å²) in [6.07, 6.45) is 0.762. The minimum absolute atomic E-state index is 0.00287. The molecular weight excluding hydrogens is 325 g/mol. The molecule has 1 unspecified atom stereocenters. The number of ether oxygens (including phenoxy) is 1. The number of benzene rings is 1. The number of urea groups is 1. The van der Waals surface area contributed by atoms with Gasteiger partial charge in [0, 0.05) is 31.9 Å². The largest absolute Gasteiger partial charge is 0.467 e. The zero-order chi connectivity index (χ0) is 18.4. The molecule has 0 saturated carbocycles. The molecule has 1 aliphatic rings. The molecule has 0 radical (unpaired) electrons. The Balaban J connectivity index is 1.91. The second kappa shape index (κ2) is 8.69. The van der Waals surface area contributed by atoms with E-state index in [0.29, 0.717) is 26.2 Å². The molecule has 1 saturated heterocycles. The summed E-state index contributed by atoms with van der Waals surface area (Å²) in [7, 11) is 1.32. The quantitative estimate of drug-likeness (QED) is 0.827. The van der Waals surface area contributed by atoms with Gasteiger partial charge in [0.1, 0.15) is 11.9 Å². The van der Waals surface area contributed by atoms with E-state index in [1.807, 2.05) is 13.8 Å². The molecule has 0 aromatic heterocycles. The van der Waals surface area contributed by atoms with Gasteiger partial charge in [-0.15, -0.1) is 0 Å². The van der Waals surface area contributed by atoms with Crippen molar-refractivity contribution in [1.29, 1.82) is 0 Å². The number of anilines is 1. The van der Waals surface area contributed by atoms with Crippen LogP contribution in [0.3, 0.4) is 0 Å². The molecular formula is C18H26FN3O3. The lowest BCUT2D eigenvalue weighted by atomic mass is 9.99. The van der Waals surface area contributed by atoms with E-state index >= 15 is 0 Å². The third-order valence-corrected chi connectivity index (χ3v) is 4.71. The number of nitrogens with one attached hydrogen (secondary N) is 1. The molecule has 1 N–H and O–H groups in total. The van der Waals surface area contributed by atoms with Crippen molar-refractivity contribution in [3.63, 3.8) is 0 Å². The Labute approximate surface area is 147 Å². The summed E-state index contributed by atoms with van der Waals surface area (Å²) < 4.78 is 17.8. The second-order valence-electron chi connectivity index (χ2n) is 6.29. The zero-order valence-electron chi connectivity index (χ0n) is 15.0. The van der Waals surface area contributed by atoms with Gasteiger partial charge in [-0.3, -0.25) is 0 Å². The van der Waals surface area contributed by atoms with Crippen molar-refractivity contribution in [1.82, 2.24) is 10.2 Å². The highest BCUT2D eigenvalue weighted by Crippen LogP contribution is 2.17. The maximum absolute atomic E-state index is 13.0. The van der Waals surface area contributed by atoms with Crippen molar-refractivity contribution in [2.24, 2.45) is 5.92 Å². The molecule has 0 aliphatic carbocycles. The Morgan fingerprint density at radius 2 is 1.80 bits per heavy atom. The van der Waals surface area contributed by atoms with E-state index in [4.69, 9.17) is 4.74 Å². The van der Waals surface area contributed by atoms with Crippen molar-refractivity contribution in [3.8, 4) is 0 Å². The topological polar surface area (TPSA) is 61.9 Å². The summed E-state index contributed by atoms with van der Waals surface area (Å²) >= 11 is 0. The van der Waals surface area contributed by atoms with E-state index in [-0.39, 0.29) is 17.8 Å². The number of carbonyl (C=O) groups is 2. The molecule has 138 valence electrons. The number of amides is 2. The van der Waals surface area contributed by atoms with Gasteiger partial charge in [0.15, 0.2) is 0 Å². The van der Waals surface area contributed by atoms with E-state index in [0.717, 1.165) is 12.1 Å². The average Bonchev–Trinajstić information content (AvgIpc) is 2.65. The smallest absolute Gasteiger partial charge is 0.328 e. The monoisotopic (exact) mass is 351 g/mol. The van der Waals surface area contributed by atoms with Gasteiger partial charge in [-0.25, -0.2) is 14.0 Å². The number of piperazine rings is 1. The van der Waals surface area contributed by atoms with E-state index in [1.165, 1.54) is 19.2 Å². The van der Waals surface area contributed by atoms with Crippen LogP contribution in [0.4, 0.5) is 14.9 Å². The van der Waals surface area contributed by atoms with Gasteiger partial charge >= 0.3 is 12.0 Å². The van der Waals surface area contributed by atoms with E-state index < -0.39 is 12.0 Å². The summed E-state index contributed by atoms with van der Waals surface area (Å²) in [6, 6.07) is 5.44. The molecule has 1 heterocycles. The number of rotatable bonds is 5. The van der Waals surface area contributed by atoms with Crippen LogP contribution in [0.5, 0.6) is 0 Å². The number of hydrogen-bond donors (Lipinski definition) is 1. The fraction of sp³-hybridized carbons (Fsp3) is 0.556. The molecule has 2 amide bonds. The first-order valence-electron chi connectivity index (χ1n) is 8.60. The van der Waals surface area contributed by atoms with E-state index in [2.05, 4.69) is 10.2 Å². The summed E-state index contributed by atoms with van der Waals surface area (Å²) in [5.41, 5.74) is 0.938. The van der Waals surface area contributed by atoms with Gasteiger partial charge in [0.2, 0.25) is 0 Å². The van der Waals surface area contributed by atoms with Crippen LogP contribution in [0, 0.1) is 11.7 Å². The molecule has 25 heavy (non-hydrogen) atoms. The van der Waals surface area contributed by atoms with Crippen LogP contribution in [-0.2, 0) is 9.53 Å². The zero-order valence-corrected chi connectivity index (χ0v) is 15.0. The van der Waals surface area contributed by atoms with Gasteiger partial charge in [0.25, 0.3) is 0 Å². The predicted octanol–water partition coefficient (Wildman–Crippen LogP) is 2.25. The number of halogens is 1. The van der Waals surface area contributed by atoms with Crippen LogP contribution < -0.4 is 10.2 Å². The van der Waals surface area contributed by atoms with Gasteiger partial charge in [0.05, 0.1) is 7.11 Å². The van der Waals surface area contributed by atoms with Crippen LogP contribution in [0.1, 0.15) is 20.3 Å². The Kier molecular flexibility index (Phi) is 6.61. The van der Waals surface area contributed by atoms with Crippen LogP contribution in [0.25, 0.3) is 0 Å². The molecule has 1 aromatic carbocycles. The summed E-state index contributed by atoms with van der Waals surface area (Å²) in [5, 5.41) is 2.79. The fourth-order valence-electron chi connectivity index (χ4n) is 2.84. The molecule has 6 nitrogen and oxygen atoms in total. The molecule has 2 atom stereocenters. The molecule has 7 heteroatoms. The predicted molar refractivity (Wildman–Crippen MR) is 94.0 cm³/mol. The third-order valence-electron chi connectivity index (χ3n) is 4.71. The van der Waals surface area contributed by atoms with E-state index in [9.17, 15) is 14.0 Å². The molecule has 0 spiro atoms. The maximum atomic E-state index is 13.0. The van der Waals surface area contributed by atoms with Gasteiger partial charge in [-0.1, -0.05) is 20.3 Å². The summed E-state index contributed by atoms with van der Waals surface area (Å²) in [6.45, 7) is 6.27. The molecule has 1 aliphatic heterocycles. The Morgan fingerprint density at radius 1 is 1.20 bits per heavy atom. The molecule has 1 fully saturated rings. The Morgan fingerprint density at radius 3 is 2.32 bits per heavy atom. The number of nitrogens with zero attached hydrogens (tertiary/aromatic N) is 2. The van der Waals surface area contributed by atoms with Crippen LogP contribution in [0.2, 0.25) is 0 Å². The fourth-order valence-corrected chi connectivity index (χ4v) is 2.84. The van der Waals surface area contributed by atoms with Crippen molar-refractivity contribution in [2.45, 2.75) is 26.3 Å². The van der Waals surface area contributed by atoms with Crippen LogP contribution in [-0.4, -0.2) is 56.2 Å². The summed E-state index contributed by atoms with van der Waals surface area (Å²) in [4.78, 5) is 28.2. The molecule has 1 aromatic rings.